The molecule has 0 atom stereocenters. The normalized spacial score (nSPS) is 13.9. The molecule has 11 aromatic rings. The van der Waals surface area contributed by atoms with Gasteiger partial charge in [0.1, 0.15) is 0 Å². The van der Waals surface area contributed by atoms with Crippen LogP contribution >= 0.6 is 0 Å². The average Bonchev–Trinajstić information content (AvgIpc) is 4.05. The fourth-order valence-electron chi connectivity index (χ4n) is 12.0. The van der Waals surface area contributed by atoms with Gasteiger partial charge in [-0.25, -0.2) is 0 Å². The summed E-state index contributed by atoms with van der Waals surface area (Å²) in [6.07, 6.45) is 1.94. The van der Waals surface area contributed by atoms with E-state index in [0.29, 0.717) is 6.67 Å². The molecule has 0 bridgehead atoms. The Kier molecular flexibility index (Phi) is 9.02. The predicted molar refractivity (Wildman–Crippen MR) is 293 cm³/mol. The first-order valence-corrected chi connectivity index (χ1v) is 28.5. The van der Waals surface area contributed by atoms with Gasteiger partial charge in [0.25, 0.3) is 0 Å². The molecule has 0 N–H and O–H groups in total. The Morgan fingerprint density at radius 3 is 1.73 bits per heavy atom. The van der Waals surface area contributed by atoms with Gasteiger partial charge in [-0.3, -0.25) is 0 Å². The quantitative estimate of drug-likeness (QED) is 0.156. The van der Waals surface area contributed by atoms with E-state index in [1.807, 2.05) is 6.20 Å². The molecule has 0 unspecified atom stereocenters. The fraction of sp³-hybridized carbons (Fsp3) is 0.0781. The van der Waals surface area contributed by atoms with Gasteiger partial charge in [-0.05, 0) is 11.5 Å². The van der Waals surface area contributed by atoms with Gasteiger partial charge in [-0.15, -0.1) is 0 Å². The zero-order valence-corrected chi connectivity index (χ0v) is 41.4. The Bertz CT molecular complexity index is 3810. The van der Waals surface area contributed by atoms with Crippen LogP contribution in [0.5, 0.6) is 11.5 Å². The van der Waals surface area contributed by atoms with E-state index < -0.39 is 13.3 Å². The summed E-state index contributed by atoms with van der Waals surface area (Å²) in [6, 6.07) is 80.7. The zero-order chi connectivity index (χ0) is 46.7. The third-order valence-electron chi connectivity index (χ3n) is 15.1. The van der Waals surface area contributed by atoms with Gasteiger partial charge in [-0.2, -0.15) is 0 Å². The Morgan fingerprint density at radius 1 is 0.443 bits per heavy atom. The fourth-order valence-corrected chi connectivity index (χ4v) is 23.7. The first-order chi connectivity index (χ1) is 34.4. The molecule has 6 heteroatoms. The molecule has 334 valence electrons. The molecule has 3 aliphatic rings. The molecule has 0 saturated heterocycles. The Morgan fingerprint density at radius 2 is 1.01 bits per heavy atom. The van der Waals surface area contributed by atoms with Crippen LogP contribution in [0.3, 0.4) is 0 Å². The van der Waals surface area contributed by atoms with E-state index in [1.54, 1.807) is 0 Å². The van der Waals surface area contributed by atoms with Gasteiger partial charge in [0, 0.05) is 0 Å². The van der Waals surface area contributed by atoms with Crippen molar-refractivity contribution in [3.05, 3.63) is 230 Å². The predicted octanol–water partition coefficient (Wildman–Crippen LogP) is 13.5. The van der Waals surface area contributed by atoms with Crippen LogP contribution in [0.4, 0.5) is 22.7 Å². The molecule has 2 aromatic heterocycles. The molecule has 14 rings (SSSR count). The van der Waals surface area contributed by atoms with Gasteiger partial charge in [0.2, 0.25) is 0 Å². The van der Waals surface area contributed by atoms with Crippen molar-refractivity contribution in [2.24, 2.45) is 0 Å². The van der Waals surface area contributed by atoms with Crippen molar-refractivity contribution >= 4 is 75.4 Å². The van der Waals surface area contributed by atoms with Crippen LogP contribution < -0.4 is 32.1 Å². The van der Waals surface area contributed by atoms with Crippen molar-refractivity contribution < 1.29 is 4.74 Å². The third kappa shape index (κ3) is 5.94. The molecule has 9 aromatic carbocycles. The van der Waals surface area contributed by atoms with Crippen molar-refractivity contribution in [1.82, 2.24) is 9.55 Å². The summed E-state index contributed by atoms with van der Waals surface area (Å²) in [5, 5.41) is 2.35. The number of aromatic nitrogens is 2. The molecule has 0 fully saturated rings. The molecule has 0 aliphatic carbocycles. The van der Waals surface area contributed by atoms with Gasteiger partial charge < -0.3 is 0 Å². The summed E-state index contributed by atoms with van der Waals surface area (Å²) in [7, 11) is 0. The second kappa shape index (κ2) is 15.4. The van der Waals surface area contributed by atoms with E-state index in [4.69, 9.17) is 9.72 Å². The molecule has 0 radical (unpaired) electrons. The summed E-state index contributed by atoms with van der Waals surface area (Å²) in [5.74, 6) is 2.48. The van der Waals surface area contributed by atoms with Crippen LogP contribution in [-0.4, -0.2) is 29.5 Å². The van der Waals surface area contributed by atoms with Crippen molar-refractivity contribution in [2.45, 2.75) is 26.2 Å². The number of ether oxygens (including phenoxy) is 1. The number of hydrogen-bond acceptors (Lipinski definition) is 4. The number of rotatable bonds is 6. The number of benzene rings is 9. The van der Waals surface area contributed by atoms with Gasteiger partial charge in [0.15, 0.2) is 0 Å². The number of anilines is 4. The van der Waals surface area contributed by atoms with Crippen LogP contribution in [0.25, 0.3) is 61.0 Å². The third-order valence-corrected chi connectivity index (χ3v) is 25.4. The van der Waals surface area contributed by atoms with E-state index in [1.165, 1.54) is 84.7 Å². The van der Waals surface area contributed by atoms with Crippen molar-refractivity contribution in [3.8, 4) is 50.7 Å². The van der Waals surface area contributed by atoms with Gasteiger partial charge in [0.05, 0.1) is 0 Å². The van der Waals surface area contributed by atoms with E-state index >= 15 is 0 Å². The molecule has 5 nitrogen and oxygen atoms in total. The van der Waals surface area contributed by atoms with Crippen LogP contribution in [0.2, 0.25) is 0 Å². The van der Waals surface area contributed by atoms with Gasteiger partial charge >= 0.3 is 381 Å². The monoisotopic (exact) mass is 962 g/mol. The van der Waals surface area contributed by atoms with Crippen LogP contribution in [0.1, 0.15) is 26.3 Å². The summed E-state index contributed by atoms with van der Waals surface area (Å²) in [4.78, 5) is 10.1. The molecule has 1 spiro atoms. The Labute approximate surface area is 410 Å². The summed E-state index contributed by atoms with van der Waals surface area (Å²) >= 11 is -3.70. The second-order valence-corrected chi connectivity index (χ2v) is 27.6. The van der Waals surface area contributed by atoms with Crippen LogP contribution in [0.15, 0.2) is 225 Å². The second-order valence-electron chi connectivity index (χ2n) is 19.9. The maximum atomic E-state index is 7.12. The SMILES string of the molecule is CC(C)(C)c1ccnc(-n2c3ccccc3c3ccc(Oc4cc[c]5c(c4)N4CN(c6c(-c7ccccc7)cccc6-c6ccccc6)c6ccc[c](c64)[Ge]54[c]5ccccc5-c5cccc[c]54)cc32)c1. The van der Waals surface area contributed by atoms with Crippen LogP contribution in [-0.2, 0) is 5.41 Å². The summed E-state index contributed by atoms with van der Waals surface area (Å²) in [6.45, 7) is 7.40. The first kappa shape index (κ1) is 40.9. The molecule has 0 amide bonds. The van der Waals surface area contributed by atoms with Crippen LogP contribution in [0, 0.1) is 0 Å². The average molecular weight is 962 g/mol. The molecule has 70 heavy (non-hydrogen) atoms. The van der Waals surface area contributed by atoms with E-state index in [9.17, 15) is 0 Å². The Hall–Kier alpha value is -8.13. The Balaban J connectivity index is 0.976. The van der Waals surface area contributed by atoms with Crippen molar-refractivity contribution in [2.75, 3.05) is 16.5 Å². The number of fused-ring (bicyclic) bond motifs is 12. The number of pyridine rings is 1. The van der Waals surface area contributed by atoms with Crippen molar-refractivity contribution in [3.63, 3.8) is 0 Å². The number of nitrogens with zero attached hydrogens (tertiary/aromatic N) is 4. The topological polar surface area (TPSA) is 33.5 Å². The zero-order valence-electron chi connectivity index (χ0n) is 39.3. The van der Waals surface area contributed by atoms with Gasteiger partial charge in [-0.1, -0.05) is 20.8 Å². The van der Waals surface area contributed by atoms with E-state index in [0.717, 1.165) is 33.7 Å². The standard InChI is InChI=1S/C64H48GeN4O/c1-64(2,3)44-36-37-66-61(38-44)69-57-30-15-12-24-51(57)52-34-32-45(39-59(52)69)70-46-33-35-55-60(40-46)68-41-67(62-47(42-18-6-4-7-19-42)25-16-26-48(62)43-20-8-5-9-21-43)58-31-17-29-56(63(58)68)65(55)53-27-13-10-22-49(53)50-23-11-14-28-54(50)65/h4-40H,41H2,1-3H3. The minimum absolute atomic E-state index is 0.0224. The minimum atomic E-state index is -3.70. The summed E-state index contributed by atoms with van der Waals surface area (Å²) in [5.41, 5.74) is 15.9. The first-order valence-electron chi connectivity index (χ1n) is 24.3. The molecule has 3 aliphatic heterocycles. The van der Waals surface area contributed by atoms with E-state index in [-0.39, 0.29) is 5.41 Å². The molecule has 0 saturated carbocycles. The number of para-hydroxylation sites is 3. The number of hydrogen-bond donors (Lipinski definition) is 0. The summed E-state index contributed by atoms with van der Waals surface area (Å²) < 4.78 is 15.3. The maximum absolute atomic E-state index is 7.12. The molecular formula is C64H48GeN4O. The van der Waals surface area contributed by atoms with Crippen molar-refractivity contribution in [1.29, 1.82) is 0 Å². The molecule has 5 heterocycles. The molecular weight excluding hydrogens is 913 g/mol. The van der Waals surface area contributed by atoms with E-state index in [2.05, 4.69) is 254 Å².